The van der Waals surface area contributed by atoms with Gasteiger partial charge in [0.15, 0.2) is 5.82 Å². The highest BCUT2D eigenvalue weighted by Crippen LogP contribution is 2.38. The van der Waals surface area contributed by atoms with Crippen LogP contribution in [-0.2, 0) is 10.3 Å². The molecule has 1 fully saturated rings. The third-order valence-electron chi connectivity index (χ3n) is 3.11. The second-order valence-electron chi connectivity index (χ2n) is 3.98. The van der Waals surface area contributed by atoms with Gasteiger partial charge in [0.2, 0.25) is 4.47 Å². The molecule has 0 bridgehead atoms. The van der Waals surface area contributed by atoms with Gasteiger partial charge in [-0.25, -0.2) is 4.98 Å². The number of nitrogens with zero attached hydrogens (tertiary/aromatic N) is 2. The Morgan fingerprint density at radius 2 is 1.93 bits per heavy atom. The van der Waals surface area contributed by atoms with Gasteiger partial charge in [0.05, 0.1) is 0 Å². The number of rotatable bonds is 2. The van der Waals surface area contributed by atoms with Crippen LogP contribution in [0.15, 0.2) is 0 Å². The monoisotopic (exact) mass is 246 g/mol. The second kappa shape index (κ2) is 4.76. The van der Waals surface area contributed by atoms with Gasteiger partial charge in [-0.3, -0.25) is 0 Å². The third-order valence-corrected chi connectivity index (χ3v) is 3.91. The molecule has 15 heavy (non-hydrogen) atoms. The number of hydrogen-bond donors (Lipinski definition) is 0. The molecule has 0 atom stereocenters. The molecule has 0 saturated heterocycles. The van der Waals surface area contributed by atoms with Gasteiger partial charge in [-0.05, 0) is 36.0 Å². The number of halogens is 1. The Morgan fingerprint density at radius 1 is 1.27 bits per heavy atom. The van der Waals surface area contributed by atoms with Crippen LogP contribution >= 0.6 is 23.1 Å². The standard InChI is InChI=1S/C10H15ClN2OS/c1-14-10(6-4-2-3-5-7-10)8-12-9(11)15-13-8/h2-7H2,1H3. The number of ether oxygens (including phenoxy) is 1. The van der Waals surface area contributed by atoms with E-state index < -0.39 is 0 Å². The van der Waals surface area contributed by atoms with Crippen LogP contribution in [0.25, 0.3) is 0 Å². The minimum atomic E-state index is -0.278. The average Bonchev–Trinajstić information content (AvgIpc) is 2.56. The van der Waals surface area contributed by atoms with Crippen molar-refractivity contribution < 1.29 is 4.74 Å². The molecule has 0 N–H and O–H groups in total. The number of aromatic nitrogens is 2. The summed E-state index contributed by atoms with van der Waals surface area (Å²) in [4.78, 5) is 4.27. The summed E-state index contributed by atoms with van der Waals surface area (Å²) < 4.78 is 10.5. The fraction of sp³-hybridized carbons (Fsp3) is 0.800. The Labute approximate surface area is 99.0 Å². The van der Waals surface area contributed by atoms with Crippen molar-refractivity contribution in [1.29, 1.82) is 0 Å². The van der Waals surface area contributed by atoms with Crippen LogP contribution in [-0.4, -0.2) is 16.5 Å². The number of methoxy groups -OCH3 is 1. The van der Waals surface area contributed by atoms with Gasteiger partial charge in [-0.1, -0.05) is 25.7 Å². The van der Waals surface area contributed by atoms with Crippen molar-refractivity contribution in [3.8, 4) is 0 Å². The Balaban J connectivity index is 2.26. The lowest BCUT2D eigenvalue weighted by Crippen LogP contribution is -2.29. The molecule has 1 saturated carbocycles. The molecule has 0 radical (unpaired) electrons. The highest BCUT2D eigenvalue weighted by molar-refractivity contribution is 7.10. The van der Waals surface area contributed by atoms with Gasteiger partial charge in [0.1, 0.15) is 5.60 Å². The smallest absolute Gasteiger partial charge is 0.203 e. The molecule has 1 aromatic rings. The second-order valence-corrected chi connectivity index (χ2v) is 5.32. The van der Waals surface area contributed by atoms with Crippen molar-refractivity contribution in [2.24, 2.45) is 0 Å². The van der Waals surface area contributed by atoms with Crippen molar-refractivity contribution in [2.45, 2.75) is 44.1 Å². The van der Waals surface area contributed by atoms with E-state index in [1.165, 1.54) is 37.2 Å². The van der Waals surface area contributed by atoms with Crippen LogP contribution in [0.1, 0.15) is 44.3 Å². The lowest BCUT2D eigenvalue weighted by molar-refractivity contribution is -0.0342. The SMILES string of the molecule is COC1(c2nsc(Cl)n2)CCCCCC1. The van der Waals surface area contributed by atoms with E-state index in [4.69, 9.17) is 16.3 Å². The van der Waals surface area contributed by atoms with E-state index in [1.54, 1.807) is 7.11 Å². The Kier molecular flexibility index (Phi) is 3.59. The molecule has 0 aromatic carbocycles. The summed E-state index contributed by atoms with van der Waals surface area (Å²) >= 11 is 7.07. The molecule has 1 aliphatic carbocycles. The molecule has 0 spiro atoms. The zero-order valence-electron chi connectivity index (χ0n) is 8.83. The molecule has 3 nitrogen and oxygen atoms in total. The van der Waals surface area contributed by atoms with Gasteiger partial charge in [0.25, 0.3) is 0 Å². The lowest BCUT2D eigenvalue weighted by Gasteiger charge is -2.28. The largest absolute Gasteiger partial charge is 0.370 e. The summed E-state index contributed by atoms with van der Waals surface area (Å²) in [6, 6.07) is 0. The van der Waals surface area contributed by atoms with E-state index in [9.17, 15) is 0 Å². The zero-order valence-corrected chi connectivity index (χ0v) is 10.4. The Bertz CT molecular complexity index is 321. The van der Waals surface area contributed by atoms with Crippen LogP contribution in [0.3, 0.4) is 0 Å². The quantitative estimate of drug-likeness (QED) is 0.751. The summed E-state index contributed by atoms with van der Waals surface area (Å²) in [5.74, 6) is 0.780. The maximum Gasteiger partial charge on any atom is 0.203 e. The molecule has 1 aliphatic rings. The molecule has 0 unspecified atom stereocenters. The first-order valence-corrected chi connectivity index (χ1v) is 6.47. The third kappa shape index (κ3) is 2.32. The molecule has 2 rings (SSSR count). The molecule has 0 aliphatic heterocycles. The first-order chi connectivity index (χ1) is 7.27. The van der Waals surface area contributed by atoms with Crippen molar-refractivity contribution >= 4 is 23.1 Å². The molecule has 5 heteroatoms. The van der Waals surface area contributed by atoms with E-state index in [-0.39, 0.29) is 5.60 Å². The van der Waals surface area contributed by atoms with Crippen LogP contribution < -0.4 is 0 Å². The van der Waals surface area contributed by atoms with Gasteiger partial charge in [-0.2, -0.15) is 4.37 Å². The van der Waals surface area contributed by atoms with E-state index in [0.29, 0.717) is 4.47 Å². The van der Waals surface area contributed by atoms with E-state index in [2.05, 4.69) is 9.36 Å². The molecule has 1 aromatic heterocycles. The van der Waals surface area contributed by atoms with Crippen LogP contribution in [0.5, 0.6) is 0 Å². The molecule has 0 amide bonds. The highest BCUT2D eigenvalue weighted by Gasteiger charge is 2.36. The number of hydrogen-bond acceptors (Lipinski definition) is 4. The first-order valence-electron chi connectivity index (χ1n) is 5.32. The average molecular weight is 247 g/mol. The lowest BCUT2D eigenvalue weighted by atomic mass is 9.93. The van der Waals surface area contributed by atoms with Gasteiger partial charge in [0, 0.05) is 7.11 Å². The van der Waals surface area contributed by atoms with Crippen molar-refractivity contribution in [2.75, 3.05) is 7.11 Å². The van der Waals surface area contributed by atoms with Gasteiger partial charge in [-0.15, -0.1) is 0 Å². The van der Waals surface area contributed by atoms with Crippen molar-refractivity contribution in [3.63, 3.8) is 0 Å². The van der Waals surface area contributed by atoms with Gasteiger partial charge >= 0.3 is 0 Å². The summed E-state index contributed by atoms with van der Waals surface area (Å²) in [6.07, 6.45) is 6.95. The topological polar surface area (TPSA) is 35.0 Å². The van der Waals surface area contributed by atoms with E-state index in [1.807, 2.05) is 0 Å². The minimum absolute atomic E-state index is 0.278. The van der Waals surface area contributed by atoms with Crippen LogP contribution in [0, 0.1) is 0 Å². The molecular weight excluding hydrogens is 232 g/mol. The van der Waals surface area contributed by atoms with Crippen LogP contribution in [0.4, 0.5) is 0 Å². The molecule has 1 heterocycles. The fourth-order valence-corrected chi connectivity index (χ4v) is 2.89. The normalized spacial score (nSPS) is 21.2. The molecular formula is C10H15ClN2OS. The zero-order chi connectivity index (χ0) is 10.7. The maximum absolute atomic E-state index is 5.83. The van der Waals surface area contributed by atoms with Gasteiger partial charge < -0.3 is 4.74 Å². The highest BCUT2D eigenvalue weighted by atomic mass is 35.5. The first kappa shape index (κ1) is 11.3. The van der Waals surface area contributed by atoms with E-state index in [0.717, 1.165) is 18.7 Å². The fourth-order valence-electron chi connectivity index (χ4n) is 2.21. The summed E-state index contributed by atoms with van der Waals surface area (Å²) in [5, 5.41) is 0. The predicted octanol–water partition coefficient (Wildman–Crippen LogP) is 3.39. The summed E-state index contributed by atoms with van der Waals surface area (Å²) in [7, 11) is 1.75. The Hall–Kier alpha value is -0.190. The van der Waals surface area contributed by atoms with Crippen molar-refractivity contribution in [3.05, 3.63) is 10.3 Å². The predicted molar refractivity (Wildman–Crippen MR) is 61.3 cm³/mol. The van der Waals surface area contributed by atoms with Crippen LogP contribution in [0.2, 0.25) is 4.47 Å². The Morgan fingerprint density at radius 3 is 2.40 bits per heavy atom. The maximum atomic E-state index is 5.83. The molecule has 84 valence electrons. The van der Waals surface area contributed by atoms with E-state index >= 15 is 0 Å². The summed E-state index contributed by atoms with van der Waals surface area (Å²) in [5.41, 5.74) is -0.278. The summed E-state index contributed by atoms with van der Waals surface area (Å²) in [6.45, 7) is 0. The van der Waals surface area contributed by atoms with Crippen molar-refractivity contribution in [1.82, 2.24) is 9.36 Å². The minimum Gasteiger partial charge on any atom is -0.370 e.